The van der Waals surface area contributed by atoms with Crippen LogP contribution in [0.25, 0.3) is 5.76 Å². The van der Waals surface area contributed by atoms with E-state index in [0.29, 0.717) is 37.7 Å². The minimum atomic E-state index is -0.908. The SMILES string of the molecule is COc1cc(C2/C(=C(\[O-])c3ccc(OCc4cccc(C)c4)cc3)C(=O)C(=O)N2CC[NH+]2CCOCC2)ccc1O. The number of hydrogen-bond donors (Lipinski definition) is 2. The third kappa shape index (κ3) is 6.21. The predicted octanol–water partition coefficient (Wildman–Crippen LogP) is 1.43. The van der Waals surface area contributed by atoms with Gasteiger partial charge in [0.2, 0.25) is 5.78 Å². The number of rotatable bonds is 9. The normalized spacial score (nSPS) is 19.0. The Morgan fingerprint density at radius 3 is 2.54 bits per heavy atom. The standard InChI is InChI=1S/C32H34N2O7/c1-21-4-3-5-22(18-21)20-41-25-9-6-23(7-10-25)30(36)28-29(24-8-11-26(35)27(19-24)39-2)34(32(38)31(28)37)13-12-33-14-16-40-17-15-33/h3-11,18-19,29,35-36H,12-17,20H2,1-2H3/b30-28+. The number of nitrogens with one attached hydrogen (secondary N) is 1. The average molecular weight is 559 g/mol. The van der Waals surface area contributed by atoms with Gasteiger partial charge in [0.25, 0.3) is 5.91 Å². The molecule has 3 aromatic rings. The van der Waals surface area contributed by atoms with Gasteiger partial charge in [0.05, 0.1) is 39.5 Å². The van der Waals surface area contributed by atoms with Crippen molar-refractivity contribution in [2.45, 2.75) is 19.6 Å². The number of phenolic OH excluding ortho intramolecular Hbond substituents is 1. The molecule has 0 radical (unpaired) electrons. The Morgan fingerprint density at radius 1 is 1.07 bits per heavy atom. The highest BCUT2D eigenvalue weighted by molar-refractivity contribution is 6.46. The lowest BCUT2D eigenvalue weighted by Crippen LogP contribution is -3.14. The van der Waals surface area contributed by atoms with Crippen molar-refractivity contribution in [3.63, 3.8) is 0 Å². The summed E-state index contributed by atoms with van der Waals surface area (Å²) in [7, 11) is 1.42. The van der Waals surface area contributed by atoms with E-state index in [2.05, 4.69) is 0 Å². The number of Topliss-reactive ketones (excluding diaryl/α,β-unsaturated/α-hetero) is 1. The molecule has 1 amide bonds. The lowest BCUT2D eigenvalue weighted by Gasteiger charge is -2.30. The fraction of sp³-hybridized carbons (Fsp3) is 0.312. The number of quaternary nitrogens is 1. The van der Waals surface area contributed by atoms with Gasteiger partial charge < -0.3 is 34.2 Å². The van der Waals surface area contributed by atoms with Crippen LogP contribution in [0.1, 0.15) is 28.3 Å². The van der Waals surface area contributed by atoms with Crippen molar-refractivity contribution in [3.8, 4) is 17.2 Å². The number of benzene rings is 3. The van der Waals surface area contributed by atoms with Crippen molar-refractivity contribution in [1.29, 1.82) is 0 Å². The maximum Gasteiger partial charge on any atom is 0.295 e. The Morgan fingerprint density at radius 2 is 1.83 bits per heavy atom. The molecule has 0 aliphatic carbocycles. The molecule has 2 aliphatic heterocycles. The van der Waals surface area contributed by atoms with Gasteiger partial charge in [-0.3, -0.25) is 9.59 Å². The summed E-state index contributed by atoms with van der Waals surface area (Å²) >= 11 is 0. The van der Waals surface area contributed by atoms with Gasteiger partial charge in [-0.25, -0.2) is 0 Å². The van der Waals surface area contributed by atoms with Gasteiger partial charge in [0, 0.05) is 5.57 Å². The summed E-state index contributed by atoms with van der Waals surface area (Å²) in [5, 5.41) is 24.0. The van der Waals surface area contributed by atoms with Crippen LogP contribution in [0.15, 0.2) is 72.3 Å². The van der Waals surface area contributed by atoms with Crippen LogP contribution in [-0.2, 0) is 20.9 Å². The van der Waals surface area contributed by atoms with Gasteiger partial charge in [0.15, 0.2) is 11.5 Å². The van der Waals surface area contributed by atoms with Gasteiger partial charge in [-0.2, -0.15) is 0 Å². The highest BCUT2D eigenvalue weighted by atomic mass is 16.5. The number of morpholine rings is 1. The summed E-state index contributed by atoms with van der Waals surface area (Å²) in [6, 6.07) is 18.3. The summed E-state index contributed by atoms with van der Waals surface area (Å²) in [4.78, 5) is 29.4. The number of amides is 1. The number of ketones is 1. The van der Waals surface area contributed by atoms with Crippen molar-refractivity contribution in [3.05, 3.63) is 94.6 Å². The first kappa shape index (κ1) is 28.2. The molecule has 1 unspecified atom stereocenters. The van der Waals surface area contributed by atoms with Crippen molar-refractivity contribution in [2.75, 3.05) is 46.5 Å². The van der Waals surface area contributed by atoms with Crippen LogP contribution < -0.4 is 19.5 Å². The minimum absolute atomic E-state index is 0.0784. The van der Waals surface area contributed by atoms with E-state index < -0.39 is 23.5 Å². The number of nitrogens with zero attached hydrogens (tertiary/aromatic N) is 1. The van der Waals surface area contributed by atoms with Gasteiger partial charge in [-0.15, -0.1) is 0 Å². The topological polar surface area (TPSA) is 113 Å². The Hall–Kier alpha value is -4.34. The number of methoxy groups -OCH3 is 1. The van der Waals surface area contributed by atoms with Gasteiger partial charge in [0.1, 0.15) is 25.4 Å². The molecule has 0 spiro atoms. The highest BCUT2D eigenvalue weighted by Crippen LogP contribution is 2.41. The molecule has 41 heavy (non-hydrogen) atoms. The first-order chi connectivity index (χ1) is 19.9. The lowest BCUT2D eigenvalue weighted by atomic mass is 9.95. The van der Waals surface area contributed by atoms with E-state index in [9.17, 15) is 19.8 Å². The monoisotopic (exact) mass is 558 g/mol. The zero-order valence-corrected chi connectivity index (χ0v) is 23.2. The summed E-state index contributed by atoms with van der Waals surface area (Å²) in [6.07, 6.45) is 0. The maximum atomic E-state index is 13.8. The molecular formula is C32H34N2O7. The van der Waals surface area contributed by atoms with Crippen LogP contribution in [0.5, 0.6) is 17.2 Å². The zero-order valence-electron chi connectivity index (χ0n) is 23.2. The summed E-state index contributed by atoms with van der Waals surface area (Å²) in [5.74, 6) is -1.36. The molecule has 2 heterocycles. The number of carbonyl (C=O) groups excluding carboxylic acids is 2. The Balaban J connectivity index is 1.44. The summed E-state index contributed by atoms with van der Waals surface area (Å²) in [6.45, 7) is 6.19. The summed E-state index contributed by atoms with van der Waals surface area (Å²) < 4.78 is 16.6. The smallest absolute Gasteiger partial charge is 0.295 e. The molecule has 2 saturated heterocycles. The quantitative estimate of drug-likeness (QED) is 0.232. The number of aromatic hydroxyl groups is 1. The molecule has 0 saturated carbocycles. The molecule has 5 rings (SSSR count). The van der Waals surface area contributed by atoms with Crippen molar-refractivity contribution < 1.29 is 38.9 Å². The second-order valence-corrected chi connectivity index (χ2v) is 10.3. The molecule has 3 aromatic carbocycles. The first-order valence-corrected chi connectivity index (χ1v) is 13.7. The number of phenols is 1. The van der Waals surface area contributed by atoms with Gasteiger partial charge in [-0.1, -0.05) is 53.8 Å². The Bertz CT molecular complexity index is 1440. The average Bonchev–Trinajstić information content (AvgIpc) is 3.24. The van der Waals surface area contributed by atoms with E-state index in [1.165, 1.54) is 23.0 Å². The third-order valence-corrected chi connectivity index (χ3v) is 7.56. The van der Waals surface area contributed by atoms with Crippen LogP contribution >= 0.6 is 0 Å². The Labute approximate surface area is 239 Å². The van der Waals surface area contributed by atoms with Crippen molar-refractivity contribution in [1.82, 2.24) is 4.90 Å². The van der Waals surface area contributed by atoms with E-state index in [1.807, 2.05) is 31.2 Å². The second-order valence-electron chi connectivity index (χ2n) is 10.3. The van der Waals surface area contributed by atoms with Crippen molar-refractivity contribution >= 4 is 17.4 Å². The molecule has 2 aliphatic rings. The molecule has 0 aromatic heterocycles. The second kappa shape index (κ2) is 12.4. The van der Waals surface area contributed by atoms with Crippen LogP contribution in [-0.4, -0.2) is 68.2 Å². The largest absolute Gasteiger partial charge is 0.872 e. The molecule has 9 nitrogen and oxygen atoms in total. The molecule has 2 fully saturated rings. The van der Waals surface area contributed by atoms with Crippen molar-refractivity contribution in [2.24, 2.45) is 0 Å². The fourth-order valence-corrected chi connectivity index (χ4v) is 5.33. The predicted molar refractivity (Wildman–Crippen MR) is 149 cm³/mol. The molecular weight excluding hydrogens is 524 g/mol. The first-order valence-electron chi connectivity index (χ1n) is 13.7. The zero-order chi connectivity index (χ0) is 28.9. The lowest BCUT2D eigenvalue weighted by molar-refractivity contribution is -0.907. The molecule has 1 atom stereocenters. The van der Waals surface area contributed by atoms with E-state index in [-0.39, 0.29) is 29.2 Å². The van der Waals surface area contributed by atoms with Crippen LogP contribution in [0, 0.1) is 6.92 Å². The number of aryl methyl sites for hydroxylation is 1. The molecule has 2 N–H and O–H groups in total. The molecule has 214 valence electrons. The molecule has 0 bridgehead atoms. The van der Waals surface area contributed by atoms with Crippen LogP contribution in [0.3, 0.4) is 0 Å². The van der Waals surface area contributed by atoms with Gasteiger partial charge >= 0.3 is 0 Å². The van der Waals surface area contributed by atoms with Gasteiger partial charge in [-0.05, 0) is 47.9 Å². The number of carbonyl (C=O) groups is 2. The third-order valence-electron chi connectivity index (χ3n) is 7.56. The van der Waals surface area contributed by atoms with Crippen LogP contribution in [0.4, 0.5) is 0 Å². The number of ether oxygens (including phenoxy) is 3. The number of likely N-dealkylation sites (tertiary alicyclic amines) is 1. The number of hydrogen-bond acceptors (Lipinski definition) is 7. The maximum absolute atomic E-state index is 13.8. The molecule has 9 heteroatoms. The summed E-state index contributed by atoms with van der Waals surface area (Å²) in [5.41, 5.74) is 2.84. The van der Waals surface area contributed by atoms with Crippen LogP contribution in [0.2, 0.25) is 0 Å². The Kier molecular flexibility index (Phi) is 8.56. The highest BCUT2D eigenvalue weighted by Gasteiger charge is 2.44. The van der Waals surface area contributed by atoms with E-state index in [0.717, 1.165) is 24.2 Å². The van der Waals surface area contributed by atoms with E-state index >= 15 is 0 Å². The van der Waals surface area contributed by atoms with E-state index in [1.54, 1.807) is 36.4 Å². The minimum Gasteiger partial charge on any atom is -0.872 e. The van der Waals surface area contributed by atoms with E-state index in [4.69, 9.17) is 14.2 Å². The fourth-order valence-electron chi connectivity index (χ4n) is 5.33.